The molecule has 88 valence electrons. The summed E-state index contributed by atoms with van der Waals surface area (Å²) in [6, 6.07) is 9.33. The fraction of sp³-hybridized carbons (Fsp3) is 0.455. The highest BCUT2D eigenvalue weighted by Gasteiger charge is 2.31. The highest BCUT2D eigenvalue weighted by atomic mass is 32.2. The van der Waals surface area contributed by atoms with Crippen molar-refractivity contribution in [1.29, 1.82) is 0 Å². The van der Waals surface area contributed by atoms with Crippen molar-refractivity contribution in [3.8, 4) is 0 Å². The number of hydrogen-bond donors (Lipinski definition) is 0. The number of thioether (sulfide) groups is 1. The lowest BCUT2D eigenvalue weighted by molar-refractivity contribution is 0.441. The van der Waals surface area contributed by atoms with Crippen LogP contribution in [-0.4, -0.2) is 30.4 Å². The predicted molar refractivity (Wildman–Crippen MR) is 67.7 cm³/mol. The highest BCUT2D eigenvalue weighted by Crippen LogP contribution is 2.27. The summed E-state index contributed by atoms with van der Waals surface area (Å²) in [7, 11) is -3.15. The van der Waals surface area contributed by atoms with Crippen molar-refractivity contribution in [2.75, 3.05) is 12.3 Å². The minimum Gasteiger partial charge on any atom is -0.212 e. The molecule has 0 bridgehead atoms. The van der Waals surface area contributed by atoms with E-state index >= 15 is 0 Å². The fourth-order valence-electron chi connectivity index (χ4n) is 1.81. The molecule has 0 aliphatic carbocycles. The third-order valence-electron chi connectivity index (χ3n) is 2.63. The minimum absolute atomic E-state index is 0.0775. The lowest BCUT2D eigenvalue weighted by atomic mass is 10.2. The summed E-state index contributed by atoms with van der Waals surface area (Å²) >= 11 is 1.69. The first-order valence-corrected chi connectivity index (χ1v) is 7.90. The molecule has 1 aromatic rings. The monoisotopic (exact) mass is 257 g/mol. The normalized spacial score (nSPS) is 22.4. The predicted octanol–water partition coefficient (Wildman–Crippen LogP) is 1.91. The number of nitrogens with zero attached hydrogens (tertiary/aromatic N) is 1. The van der Waals surface area contributed by atoms with E-state index in [1.807, 2.05) is 37.3 Å². The van der Waals surface area contributed by atoms with E-state index in [0.717, 1.165) is 11.3 Å². The van der Waals surface area contributed by atoms with Gasteiger partial charge in [0.2, 0.25) is 10.0 Å². The molecule has 1 saturated heterocycles. The van der Waals surface area contributed by atoms with E-state index in [-0.39, 0.29) is 11.1 Å². The van der Waals surface area contributed by atoms with Crippen molar-refractivity contribution >= 4 is 21.8 Å². The SMILES string of the molecule is CC1SCCN1S(=O)(=O)Cc1ccccc1. The van der Waals surface area contributed by atoms with Crippen molar-refractivity contribution in [1.82, 2.24) is 4.31 Å². The molecule has 5 heteroatoms. The van der Waals surface area contributed by atoms with Crippen LogP contribution < -0.4 is 0 Å². The summed E-state index contributed by atoms with van der Waals surface area (Å²) in [5.41, 5.74) is 0.853. The molecule has 1 atom stereocenters. The second kappa shape index (κ2) is 4.77. The Labute approximate surface area is 101 Å². The average molecular weight is 257 g/mol. The van der Waals surface area contributed by atoms with Gasteiger partial charge in [-0.15, -0.1) is 11.8 Å². The van der Waals surface area contributed by atoms with Crippen LogP contribution in [0.3, 0.4) is 0 Å². The first-order valence-electron chi connectivity index (χ1n) is 5.24. The van der Waals surface area contributed by atoms with Gasteiger partial charge in [-0.05, 0) is 12.5 Å². The van der Waals surface area contributed by atoms with Crippen molar-refractivity contribution in [2.45, 2.75) is 18.1 Å². The maximum absolute atomic E-state index is 12.1. The number of hydrogen-bond acceptors (Lipinski definition) is 3. The molecule has 3 nitrogen and oxygen atoms in total. The first-order chi connectivity index (χ1) is 7.59. The van der Waals surface area contributed by atoms with Gasteiger partial charge in [0.15, 0.2) is 0 Å². The first kappa shape index (κ1) is 12.0. The van der Waals surface area contributed by atoms with Crippen LogP contribution >= 0.6 is 11.8 Å². The van der Waals surface area contributed by atoms with Crippen molar-refractivity contribution in [2.24, 2.45) is 0 Å². The number of sulfonamides is 1. The summed E-state index contributed by atoms with van der Waals surface area (Å²) in [6.07, 6.45) is 0. The molecular formula is C11H15NO2S2. The van der Waals surface area contributed by atoms with E-state index in [9.17, 15) is 8.42 Å². The molecule has 1 aromatic carbocycles. The Bertz CT molecular complexity index is 444. The summed E-state index contributed by atoms with van der Waals surface area (Å²) in [4.78, 5) is 0. The van der Waals surface area contributed by atoms with E-state index in [1.165, 1.54) is 0 Å². The van der Waals surface area contributed by atoms with E-state index in [1.54, 1.807) is 16.1 Å². The Morgan fingerprint density at radius 1 is 1.38 bits per heavy atom. The molecule has 1 aliphatic rings. The zero-order valence-electron chi connectivity index (χ0n) is 9.17. The van der Waals surface area contributed by atoms with Crippen LogP contribution in [-0.2, 0) is 15.8 Å². The summed E-state index contributed by atoms with van der Waals surface area (Å²) in [5.74, 6) is 1.01. The molecule has 2 rings (SSSR count). The van der Waals surface area contributed by atoms with Crippen molar-refractivity contribution in [3.05, 3.63) is 35.9 Å². The summed E-state index contributed by atoms with van der Waals surface area (Å²) in [5, 5.41) is 0.0775. The molecule has 0 radical (unpaired) electrons. The lowest BCUT2D eigenvalue weighted by Crippen LogP contribution is -2.34. The Balaban J connectivity index is 2.14. The second-order valence-corrected chi connectivity index (χ2v) is 7.17. The van der Waals surface area contributed by atoms with Crippen LogP contribution in [0.5, 0.6) is 0 Å². The fourth-order valence-corrected chi connectivity index (χ4v) is 5.02. The van der Waals surface area contributed by atoms with Crippen LogP contribution in [0.25, 0.3) is 0 Å². The quantitative estimate of drug-likeness (QED) is 0.830. The Morgan fingerprint density at radius 3 is 2.62 bits per heavy atom. The van der Waals surface area contributed by atoms with Gasteiger partial charge in [0.05, 0.1) is 11.1 Å². The molecular weight excluding hydrogens is 242 g/mol. The van der Waals surface area contributed by atoms with Crippen LogP contribution in [0.2, 0.25) is 0 Å². The Hall–Kier alpha value is -0.520. The third-order valence-corrected chi connectivity index (χ3v) is 5.83. The molecule has 0 aromatic heterocycles. The molecule has 1 fully saturated rings. The lowest BCUT2D eigenvalue weighted by Gasteiger charge is -2.19. The molecule has 0 N–H and O–H groups in total. The van der Waals surface area contributed by atoms with Gasteiger partial charge in [0, 0.05) is 12.3 Å². The van der Waals surface area contributed by atoms with Gasteiger partial charge in [0.1, 0.15) is 0 Å². The number of benzene rings is 1. The zero-order chi connectivity index (χ0) is 11.6. The van der Waals surface area contributed by atoms with Crippen LogP contribution in [0, 0.1) is 0 Å². The van der Waals surface area contributed by atoms with Gasteiger partial charge in [0.25, 0.3) is 0 Å². The van der Waals surface area contributed by atoms with E-state index in [4.69, 9.17) is 0 Å². The summed E-state index contributed by atoms with van der Waals surface area (Å²) in [6.45, 7) is 2.58. The molecule has 0 amide bonds. The van der Waals surface area contributed by atoms with Crippen LogP contribution in [0.4, 0.5) is 0 Å². The molecule has 1 aliphatic heterocycles. The van der Waals surface area contributed by atoms with Gasteiger partial charge in [-0.3, -0.25) is 0 Å². The molecule has 1 heterocycles. The van der Waals surface area contributed by atoms with Gasteiger partial charge in [-0.1, -0.05) is 30.3 Å². The smallest absolute Gasteiger partial charge is 0.212 e. The maximum atomic E-state index is 12.1. The third kappa shape index (κ3) is 2.59. The second-order valence-electron chi connectivity index (χ2n) is 3.82. The van der Waals surface area contributed by atoms with Crippen molar-refractivity contribution < 1.29 is 8.42 Å². The molecule has 1 unspecified atom stereocenters. The van der Waals surface area contributed by atoms with Crippen molar-refractivity contribution in [3.63, 3.8) is 0 Å². The van der Waals surface area contributed by atoms with E-state index in [0.29, 0.717) is 6.54 Å². The average Bonchev–Trinajstić information content (AvgIpc) is 2.66. The summed E-state index contributed by atoms with van der Waals surface area (Å²) < 4.78 is 25.9. The molecule has 0 spiro atoms. The Morgan fingerprint density at radius 2 is 2.06 bits per heavy atom. The van der Waals surface area contributed by atoms with Crippen LogP contribution in [0.15, 0.2) is 30.3 Å². The molecule has 16 heavy (non-hydrogen) atoms. The van der Waals surface area contributed by atoms with E-state index in [2.05, 4.69) is 0 Å². The van der Waals surface area contributed by atoms with Crippen LogP contribution in [0.1, 0.15) is 12.5 Å². The van der Waals surface area contributed by atoms with Gasteiger partial charge in [-0.2, -0.15) is 4.31 Å². The van der Waals surface area contributed by atoms with Gasteiger partial charge < -0.3 is 0 Å². The zero-order valence-corrected chi connectivity index (χ0v) is 10.8. The van der Waals surface area contributed by atoms with E-state index < -0.39 is 10.0 Å². The highest BCUT2D eigenvalue weighted by molar-refractivity contribution is 8.01. The van der Waals surface area contributed by atoms with Gasteiger partial charge in [-0.25, -0.2) is 8.42 Å². The Kier molecular flexibility index (Phi) is 3.56. The topological polar surface area (TPSA) is 37.4 Å². The minimum atomic E-state index is -3.15. The largest absolute Gasteiger partial charge is 0.219 e. The number of rotatable bonds is 3. The maximum Gasteiger partial charge on any atom is 0.219 e. The van der Waals surface area contributed by atoms with Gasteiger partial charge >= 0.3 is 0 Å². The molecule has 0 saturated carbocycles. The standard InChI is InChI=1S/C11H15NO2S2/c1-10-12(7-8-15-10)16(13,14)9-11-5-3-2-4-6-11/h2-6,10H,7-9H2,1H3.